The molecule has 0 fully saturated rings. The summed E-state index contributed by atoms with van der Waals surface area (Å²) in [6.07, 6.45) is 0. The van der Waals surface area contributed by atoms with Gasteiger partial charge in [-0.05, 0) is 59.7 Å². The van der Waals surface area contributed by atoms with Gasteiger partial charge in [-0.3, -0.25) is 0 Å². The van der Waals surface area contributed by atoms with E-state index in [-0.39, 0.29) is 0 Å². The minimum atomic E-state index is 0.607. The molecule has 0 saturated heterocycles. The number of aromatic nitrogens is 3. The lowest BCUT2D eigenvalue weighted by Crippen LogP contribution is -2.00. The molecule has 6 aromatic carbocycles. The van der Waals surface area contributed by atoms with Crippen LogP contribution in [0.3, 0.4) is 0 Å². The van der Waals surface area contributed by atoms with Gasteiger partial charge in [0.05, 0.1) is 0 Å². The van der Waals surface area contributed by atoms with Gasteiger partial charge in [0.1, 0.15) is 22.3 Å². The number of furan rings is 2. The topological polar surface area (TPSA) is 65.0 Å². The smallest absolute Gasteiger partial charge is 0.164 e. The molecule has 3 heterocycles. The molecule has 0 aliphatic rings. The molecular formula is C39H22BrN3O2. The van der Waals surface area contributed by atoms with Crippen molar-refractivity contribution in [1.82, 2.24) is 15.0 Å². The van der Waals surface area contributed by atoms with Crippen molar-refractivity contribution in [3.8, 4) is 45.3 Å². The molecule has 212 valence electrons. The van der Waals surface area contributed by atoms with Gasteiger partial charge >= 0.3 is 0 Å². The Labute approximate surface area is 266 Å². The highest BCUT2D eigenvalue weighted by atomic mass is 79.9. The Bertz CT molecular complexity index is 2500. The van der Waals surface area contributed by atoms with E-state index in [0.717, 1.165) is 76.2 Å². The Morgan fingerprint density at radius 1 is 0.378 bits per heavy atom. The Morgan fingerprint density at radius 2 is 0.867 bits per heavy atom. The van der Waals surface area contributed by atoms with Crippen LogP contribution in [0.15, 0.2) is 147 Å². The maximum absolute atomic E-state index is 6.29. The Kier molecular flexibility index (Phi) is 5.89. The summed E-state index contributed by atoms with van der Waals surface area (Å²) in [7, 11) is 0. The number of benzene rings is 6. The zero-order valence-electron chi connectivity index (χ0n) is 23.7. The highest BCUT2D eigenvalue weighted by Gasteiger charge is 2.17. The fraction of sp³-hybridized carbons (Fsp3) is 0. The molecule has 9 aromatic rings. The van der Waals surface area contributed by atoms with Gasteiger partial charge in [-0.2, -0.15) is 0 Å². The fourth-order valence-corrected chi connectivity index (χ4v) is 6.54. The highest BCUT2D eigenvalue weighted by molar-refractivity contribution is 9.10. The monoisotopic (exact) mass is 643 g/mol. The number of fused-ring (bicyclic) bond motifs is 6. The lowest BCUT2D eigenvalue weighted by molar-refractivity contribution is 0.668. The summed E-state index contributed by atoms with van der Waals surface area (Å²) in [5, 5.41) is 4.21. The average molecular weight is 645 g/mol. The van der Waals surface area contributed by atoms with E-state index in [1.54, 1.807) is 0 Å². The molecule has 3 aromatic heterocycles. The molecule has 0 atom stereocenters. The van der Waals surface area contributed by atoms with Crippen LogP contribution in [0.4, 0.5) is 0 Å². The maximum Gasteiger partial charge on any atom is 0.164 e. The zero-order valence-corrected chi connectivity index (χ0v) is 25.3. The molecule has 0 unspecified atom stereocenters. The van der Waals surface area contributed by atoms with Gasteiger partial charge in [0.2, 0.25) is 0 Å². The van der Waals surface area contributed by atoms with Crippen molar-refractivity contribution in [2.45, 2.75) is 0 Å². The molecule has 6 heteroatoms. The predicted octanol–water partition coefficient (Wildman–Crippen LogP) is 11.1. The van der Waals surface area contributed by atoms with Crippen LogP contribution in [0.5, 0.6) is 0 Å². The molecule has 0 aliphatic carbocycles. The van der Waals surface area contributed by atoms with Crippen LogP contribution < -0.4 is 0 Å². The first-order valence-electron chi connectivity index (χ1n) is 14.6. The second-order valence-electron chi connectivity index (χ2n) is 11.0. The molecule has 0 bridgehead atoms. The number of hydrogen-bond donors (Lipinski definition) is 0. The summed E-state index contributed by atoms with van der Waals surface area (Å²) in [4.78, 5) is 14.7. The van der Waals surface area contributed by atoms with Gasteiger partial charge < -0.3 is 8.83 Å². The molecule has 0 radical (unpaired) electrons. The van der Waals surface area contributed by atoms with E-state index in [1.165, 1.54) is 0 Å². The Morgan fingerprint density at radius 3 is 1.53 bits per heavy atom. The second kappa shape index (κ2) is 10.3. The third-order valence-corrected chi connectivity index (χ3v) is 8.86. The molecule has 0 aliphatic heterocycles. The standard InChI is InChI=1S/C39H22BrN3O2/c40-32-22-36-31(27-13-7-8-14-33(27)45-36)21-28(32)25-15-17-34-29(19-25)30-20-26(16-18-35(30)44-34)39-42-37(23-9-3-1-4-10-23)41-38(43-39)24-11-5-2-6-12-24/h1-22H. The van der Waals surface area contributed by atoms with Crippen LogP contribution in [0, 0.1) is 0 Å². The third-order valence-electron chi connectivity index (χ3n) is 8.20. The van der Waals surface area contributed by atoms with Crippen LogP contribution in [0.1, 0.15) is 0 Å². The molecule has 0 N–H and O–H groups in total. The van der Waals surface area contributed by atoms with Gasteiger partial charge in [-0.1, -0.05) is 101 Å². The van der Waals surface area contributed by atoms with Crippen molar-refractivity contribution in [3.63, 3.8) is 0 Å². The normalized spacial score (nSPS) is 11.7. The molecule has 0 amide bonds. The molecular weight excluding hydrogens is 622 g/mol. The summed E-state index contributed by atoms with van der Waals surface area (Å²) in [5.41, 5.74) is 8.28. The number of rotatable bonds is 4. The quantitative estimate of drug-likeness (QED) is 0.191. The SMILES string of the molecule is Brc1cc2oc3ccccc3c2cc1-c1ccc2oc3ccc(-c4nc(-c5ccccc5)nc(-c5ccccc5)n4)cc3c2c1. The van der Waals surface area contributed by atoms with Crippen molar-refractivity contribution >= 4 is 59.8 Å². The van der Waals surface area contributed by atoms with E-state index in [1.807, 2.05) is 97.1 Å². The van der Waals surface area contributed by atoms with Gasteiger partial charge in [0.25, 0.3) is 0 Å². The summed E-state index contributed by atoms with van der Waals surface area (Å²) in [6, 6.07) is 44.9. The largest absolute Gasteiger partial charge is 0.456 e. The van der Waals surface area contributed by atoms with Crippen molar-refractivity contribution in [3.05, 3.63) is 138 Å². The lowest BCUT2D eigenvalue weighted by atomic mass is 10.00. The second-order valence-corrected chi connectivity index (χ2v) is 11.8. The number of halogens is 1. The molecule has 0 saturated carbocycles. The van der Waals surface area contributed by atoms with E-state index in [2.05, 4.69) is 52.3 Å². The van der Waals surface area contributed by atoms with Crippen LogP contribution in [0.2, 0.25) is 0 Å². The summed E-state index contributed by atoms with van der Waals surface area (Å²) >= 11 is 3.80. The fourth-order valence-electron chi connectivity index (χ4n) is 5.99. The van der Waals surface area contributed by atoms with Crippen molar-refractivity contribution in [2.24, 2.45) is 0 Å². The highest BCUT2D eigenvalue weighted by Crippen LogP contribution is 2.40. The number of nitrogens with zero attached hydrogens (tertiary/aromatic N) is 3. The van der Waals surface area contributed by atoms with E-state index >= 15 is 0 Å². The summed E-state index contributed by atoms with van der Waals surface area (Å²) < 4.78 is 13.4. The van der Waals surface area contributed by atoms with Crippen molar-refractivity contribution in [1.29, 1.82) is 0 Å². The van der Waals surface area contributed by atoms with Gasteiger partial charge in [0.15, 0.2) is 17.5 Å². The molecule has 9 rings (SSSR count). The van der Waals surface area contributed by atoms with Crippen molar-refractivity contribution < 1.29 is 8.83 Å². The molecule has 0 spiro atoms. The minimum Gasteiger partial charge on any atom is -0.456 e. The van der Waals surface area contributed by atoms with Gasteiger partial charge in [0, 0.05) is 42.7 Å². The molecule has 5 nitrogen and oxygen atoms in total. The van der Waals surface area contributed by atoms with Crippen LogP contribution >= 0.6 is 15.9 Å². The predicted molar refractivity (Wildman–Crippen MR) is 184 cm³/mol. The molecule has 45 heavy (non-hydrogen) atoms. The van der Waals surface area contributed by atoms with E-state index in [0.29, 0.717) is 17.5 Å². The van der Waals surface area contributed by atoms with E-state index < -0.39 is 0 Å². The van der Waals surface area contributed by atoms with E-state index in [4.69, 9.17) is 23.8 Å². The Balaban J connectivity index is 1.21. The van der Waals surface area contributed by atoms with Crippen LogP contribution in [-0.4, -0.2) is 15.0 Å². The van der Waals surface area contributed by atoms with Crippen LogP contribution in [0.25, 0.3) is 89.2 Å². The zero-order chi connectivity index (χ0) is 29.9. The van der Waals surface area contributed by atoms with Gasteiger partial charge in [-0.15, -0.1) is 0 Å². The first-order chi connectivity index (χ1) is 22.2. The Hall–Kier alpha value is -5.59. The number of hydrogen-bond acceptors (Lipinski definition) is 5. The van der Waals surface area contributed by atoms with E-state index in [9.17, 15) is 0 Å². The van der Waals surface area contributed by atoms with Crippen molar-refractivity contribution in [2.75, 3.05) is 0 Å². The summed E-state index contributed by atoms with van der Waals surface area (Å²) in [6.45, 7) is 0. The third kappa shape index (κ3) is 4.41. The maximum atomic E-state index is 6.29. The summed E-state index contributed by atoms with van der Waals surface area (Å²) in [5.74, 6) is 1.87. The first kappa shape index (κ1) is 25.9. The van der Waals surface area contributed by atoms with Crippen LogP contribution in [-0.2, 0) is 0 Å². The minimum absolute atomic E-state index is 0.607. The van der Waals surface area contributed by atoms with Gasteiger partial charge in [-0.25, -0.2) is 15.0 Å². The lowest BCUT2D eigenvalue weighted by Gasteiger charge is -2.08. The number of para-hydroxylation sites is 1. The first-order valence-corrected chi connectivity index (χ1v) is 15.4. The average Bonchev–Trinajstić information content (AvgIpc) is 3.65.